The van der Waals surface area contributed by atoms with Gasteiger partial charge in [0.1, 0.15) is 6.54 Å². The average Bonchev–Trinajstić information content (AvgIpc) is 3.43. The third kappa shape index (κ3) is 3.02. The fraction of sp³-hybridized carbons (Fsp3) is 0.381. The Morgan fingerprint density at radius 3 is 2.47 bits per heavy atom. The molecule has 3 saturated heterocycles. The number of rotatable bonds is 5. The third-order valence-corrected chi connectivity index (χ3v) is 6.03. The summed E-state index contributed by atoms with van der Waals surface area (Å²) in [7, 11) is 0. The predicted octanol–water partition coefficient (Wildman–Crippen LogP) is 0.452. The van der Waals surface area contributed by atoms with E-state index in [-0.39, 0.29) is 37.1 Å². The molecule has 2 aromatic rings. The van der Waals surface area contributed by atoms with Crippen LogP contribution in [-0.4, -0.2) is 58.8 Å². The molecule has 0 radical (unpaired) electrons. The molecular weight excluding hydrogens is 388 g/mol. The zero-order valence-corrected chi connectivity index (χ0v) is 16.0. The zero-order valence-electron chi connectivity index (χ0n) is 16.0. The number of nitrogens with zero attached hydrogens (tertiary/aromatic N) is 2. The third-order valence-electron chi connectivity index (χ3n) is 6.03. The van der Waals surface area contributed by atoms with Crippen LogP contribution in [0.25, 0.3) is 10.9 Å². The van der Waals surface area contributed by atoms with Gasteiger partial charge in [-0.3, -0.25) is 29.1 Å². The van der Waals surface area contributed by atoms with Gasteiger partial charge < -0.3 is 15.4 Å². The lowest BCUT2D eigenvalue weighted by Crippen LogP contribution is -2.44. The lowest BCUT2D eigenvalue weighted by molar-refractivity contribution is -0.145. The van der Waals surface area contributed by atoms with Gasteiger partial charge in [-0.05, 0) is 25.0 Å². The number of aromatic nitrogens is 1. The van der Waals surface area contributed by atoms with Gasteiger partial charge in [-0.15, -0.1) is 0 Å². The maximum absolute atomic E-state index is 12.6. The quantitative estimate of drug-likeness (QED) is 0.694. The van der Waals surface area contributed by atoms with Crippen LogP contribution < -0.4 is 10.6 Å². The number of amides is 4. The Labute approximate surface area is 171 Å². The van der Waals surface area contributed by atoms with Crippen molar-refractivity contribution >= 4 is 40.2 Å². The highest BCUT2D eigenvalue weighted by atomic mass is 16.5. The largest absolute Gasteiger partial charge is 0.373 e. The lowest BCUT2D eigenvalue weighted by Gasteiger charge is -2.17. The van der Waals surface area contributed by atoms with E-state index in [4.69, 9.17) is 4.74 Å². The van der Waals surface area contributed by atoms with Crippen LogP contribution in [0, 0.1) is 11.8 Å². The minimum absolute atomic E-state index is 0.218. The van der Waals surface area contributed by atoms with Gasteiger partial charge in [0.2, 0.25) is 23.6 Å². The number of pyridine rings is 1. The van der Waals surface area contributed by atoms with Crippen molar-refractivity contribution in [2.75, 3.05) is 18.4 Å². The number of nitrogens with one attached hydrogen (secondary N) is 2. The summed E-state index contributed by atoms with van der Waals surface area (Å²) < 4.78 is 5.67. The second-order valence-corrected chi connectivity index (χ2v) is 7.81. The fourth-order valence-corrected chi connectivity index (χ4v) is 4.71. The number of likely N-dealkylation sites (tertiary alicyclic amines) is 1. The summed E-state index contributed by atoms with van der Waals surface area (Å²) in [5.41, 5.74) is 1.19. The molecule has 4 heterocycles. The summed E-state index contributed by atoms with van der Waals surface area (Å²) in [5, 5.41) is 6.08. The Morgan fingerprint density at radius 2 is 1.73 bits per heavy atom. The molecule has 1 aromatic heterocycles. The topological polar surface area (TPSA) is 118 Å². The number of carbonyl (C=O) groups is 4. The molecule has 4 atom stereocenters. The van der Waals surface area contributed by atoms with Gasteiger partial charge in [-0.2, -0.15) is 0 Å². The first kappa shape index (κ1) is 18.7. The first-order chi connectivity index (χ1) is 14.5. The minimum Gasteiger partial charge on any atom is -0.373 e. The Balaban J connectivity index is 1.17. The number of para-hydroxylation sites is 1. The number of hydrogen-bond donors (Lipinski definition) is 2. The average molecular weight is 408 g/mol. The standard InChI is InChI=1S/C21H20N4O5/c26-15(24-12-5-1-3-11-4-2-8-22-19(11)12)9-23-16(27)10-25-20(28)17-13-6-7-14(30-13)18(17)21(25)29/h1-5,8,13-14,17-18H,6-7,9-10H2,(H,23,27)(H,24,26)/t13-,14-,17-,18+/m1/s1. The minimum atomic E-state index is -0.559. The highest BCUT2D eigenvalue weighted by Crippen LogP contribution is 2.48. The summed E-state index contributed by atoms with van der Waals surface area (Å²) >= 11 is 0. The normalized spacial score (nSPS) is 26.9. The summed E-state index contributed by atoms with van der Waals surface area (Å²) in [5.74, 6) is -2.62. The smallest absolute Gasteiger partial charge is 0.243 e. The molecule has 0 aliphatic carbocycles. The number of imide groups is 1. The van der Waals surface area contributed by atoms with Crippen LogP contribution in [0.1, 0.15) is 12.8 Å². The second kappa shape index (κ2) is 7.17. The summed E-state index contributed by atoms with van der Waals surface area (Å²) in [6.07, 6.45) is 2.74. The molecule has 0 unspecified atom stereocenters. The molecular formula is C21H20N4O5. The molecule has 5 rings (SSSR count). The molecule has 3 aliphatic heterocycles. The van der Waals surface area contributed by atoms with Crippen molar-refractivity contribution in [1.82, 2.24) is 15.2 Å². The van der Waals surface area contributed by atoms with Crippen LogP contribution in [0.2, 0.25) is 0 Å². The Kier molecular flexibility index (Phi) is 4.47. The van der Waals surface area contributed by atoms with Crippen LogP contribution in [0.15, 0.2) is 36.5 Å². The molecule has 0 saturated carbocycles. The first-order valence-electron chi connectivity index (χ1n) is 9.94. The number of anilines is 1. The fourth-order valence-electron chi connectivity index (χ4n) is 4.71. The van der Waals surface area contributed by atoms with Gasteiger partial charge in [0.15, 0.2) is 0 Å². The van der Waals surface area contributed by atoms with E-state index in [1.54, 1.807) is 24.4 Å². The van der Waals surface area contributed by atoms with Crippen molar-refractivity contribution < 1.29 is 23.9 Å². The molecule has 4 amide bonds. The molecule has 154 valence electrons. The molecule has 9 nitrogen and oxygen atoms in total. The number of carbonyl (C=O) groups excluding carboxylic acids is 4. The number of benzene rings is 1. The monoisotopic (exact) mass is 408 g/mol. The SMILES string of the molecule is O=C(CN1C(=O)[C@@H]2[C@H](C1=O)[C@H]1CC[C@H]2O1)NCC(=O)Nc1cccc2cccnc12. The predicted molar refractivity (Wildman–Crippen MR) is 105 cm³/mol. The Hall–Kier alpha value is -3.33. The van der Waals surface area contributed by atoms with Crippen LogP contribution in [0.3, 0.4) is 0 Å². The van der Waals surface area contributed by atoms with E-state index >= 15 is 0 Å². The van der Waals surface area contributed by atoms with Crippen LogP contribution >= 0.6 is 0 Å². The summed E-state index contributed by atoms with van der Waals surface area (Å²) in [4.78, 5) is 55.0. The van der Waals surface area contributed by atoms with Gasteiger partial charge in [0, 0.05) is 11.6 Å². The van der Waals surface area contributed by atoms with Crippen molar-refractivity contribution in [2.45, 2.75) is 25.0 Å². The zero-order chi connectivity index (χ0) is 20.8. The molecule has 9 heteroatoms. The Bertz CT molecular complexity index is 1040. The van der Waals surface area contributed by atoms with E-state index in [0.29, 0.717) is 11.2 Å². The maximum atomic E-state index is 12.6. The second-order valence-electron chi connectivity index (χ2n) is 7.81. The van der Waals surface area contributed by atoms with Crippen molar-refractivity contribution in [2.24, 2.45) is 11.8 Å². The molecule has 1 aromatic carbocycles. The number of ether oxygens (including phenoxy) is 1. The van der Waals surface area contributed by atoms with E-state index < -0.39 is 23.7 Å². The van der Waals surface area contributed by atoms with Crippen molar-refractivity contribution in [3.05, 3.63) is 36.5 Å². The molecule has 2 N–H and O–H groups in total. The van der Waals surface area contributed by atoms with Crippen LogP contribution in [0.5, 0.6) is 0 Å². The van der Waals surface area contributed by atoms with Gasteiger partial charge in [0.05, 0.1) is 41.8 Å². The van der Waals surface area contributed by atoms with E-state index in [1.807, 2.05) is 12.1 Å². The van der Waals surface area contributed by atoms with Gasteiger partial charge in [-0.1, -0.05) is 18.2 Å². The van der Waals surface area contributed by atoms with E-state index in [0.717, 1.165) is 23.1 Å². The maximum Gasteiger partial charge on any atom is 0.243 e. The molecule has 0 spiro atoms. The van der Waals surface area contributed by atoms with Gasteiger partial charge in [0.25, 0.3) is 0 Å². The van der Waals surface area contributed by atoms with Gasteiger partial charge in [-0.25, -0.2) is 0 Å². The number of hydrogen-bond acceptors (Lipinski definition) is 6. The van der Waals surface area contributed by atoms with Crippen molar-refractivity contribution in [3.8, 4) is 0 Å². The lowest BCUT2D eigenvalue weighted by atomic mass is 9.81. The summed E-state index contributed by atoms with van der Waals surface area (Å²) in [6, 6.07) is 9.11. The van der Waals surface area contributed by atoms with E-state index in [2.05, 4.69) is 15.6 Å². The molecule has 3 aliphatic rings. The highest BCUT2D eigenvalue weighted by Gasteiger charge is 2.62. The Morgan fingerprint density at radius 1 is 1.03 bits per heavy atom. The van der Waals surface area contributed by atoms with Crippen molar-refractivity contribution in [3.63, 3.8) is 0 Å². The summed E-state index contributed by atoms with van der Waals surface area (Å²) in [6.45, 7) is -0.660. The van der Waals surface area contributed by atoms with Gasteiger partial charge >= 0.3 is 0 Å². The van der Waals surface area contributed by atoms with Crippen molar-refractivity contribution in [1.29, 1.82) is 0 Å². The first-order valence-corrected chi connectivity index (χ1v) is 9.94. The van der Waals surface area contributed by atoms with Crippen LogP contribution in [-0.2, 0) is 23.9 Å². The molecule has 30 heavy (non-hydrogen) atoms. The van der Waals surface area contributed by atoms with E-state index in [9.17, 15) is 19.2 Å². The molecule has 3 fully saturated rings. The molecule has 2 bridgehead atoms. The highest BCUT2D eigenvalue weighted by molar-refractivity contribution is 6.08. The number of fused-ring (bicyclic) bond motifs is 6. The van der Waals surface area contributed by atoms with Crippen LogP contribution in [0.4, 0.5) is 5.69 Å². The van der Waals surface area contributed by atoms with E-state index in [1.165, 1.54) is 0 Å².